The summed E-state index contributed by atoms with van der Waals surface area (Å²) >= 11 is 11.1. The van der Waals surface area contributed by atoms with Crippen molar-refractivity contribution >= 4 is 29.1 Å². The summed E-state index contributed by atoms with van der Waals surface area (Å²) in [6.07, 6.45) is 0.0449. The summed E-state index contributed by atoms with van der Waals surface area (Å²) in [5, 5.41) is -0.904. The average Bonchev–Trinajstić information content (AvgIpc) is 2.12. The number of primary amides is 1. The number of amides is 1. The molecule has 0 heterocycles. The van der Waals surface area contributed by atoms with Gasteiger partial charge in [-0.1, -0.05) is 23.7 Å². The normalized spacial score (nSPS) is 12.5. The number of benzene rings is 1. The van der Waals surface area contributed by atoms with Gasteiger partial charge in [-0.15, -0.1) is 11.6 Å². The van der Waals surface area contributed by atoms with Crippen LogP contribution in [0.5, 0.6) is 0 Å². The summed E-state index contributed by atoms with van der Waals surface area (Å²) in [5.74, 6) is -1.23. The van der Waals surface area contributed by atoms with Crippen LogP contribution in [0.1, 0.15) is 5.56 Å². The van der Waals surface area contributed by atoms with Crippen molar-refractivity contribution in [3.05, 3.63) is 34.6 Å². The van der Waals surface area contributed by atoms with Crippen molar-refractivity contribution in [1.82, 2.24) is 0 Å². The third-order valence-corrected chi connectivity index (χ3v) is 2.40. The molecule has 1 unspecified atom stereocenters. The van der Waals surface area contributed by atoms with Gasteiger partial charge in [0.25, 0.3) is 0 Å². The highest BCUT2D eigenvalue weighted by Crippen LogP contribution is 2.20. The minimum atomic E-state index is -0.914. The van der Waals surface area contributed by atoms with E-state index in [0.717, 1.165) is 0 Å². The van der Waals surface area contributed by atoms with Crippen molar-refractivity contribution in [2.24, 2.45) is 5.73 Å². The average molecular weight is 236 g/mol. The molecular weight excluding hydrogens is 228 g/mol. The molecule has 0 spiro atoms. The first-order valence-corrected chi connectivity index (χ1v) is 4.70. The van der Waals surface area contributed by atoms with Crippen molar-refractivity contribution in [1.29, 1.82) is 0 Å². The van der Waals surface area contributed by atoms with Crippen LogP contribution in [0, 0.1) is 5.82 Å². The van der Waals surface area contributed by atoms with E-state index >= 15 is 0 Å². The summed E-state index contributed by atoms with van der Waals surface area (Å²) in [7, 11) is 0. The highest BCUT2D eigenvalue weighted by Gasteiger charge is 2.15. The molecule has 2 nitrogen and oxygen atoms in total. The van der Waals surface area contributed by atoms with Gasteiger partial charge in [-0.3, -0.25) is 4.79 Å². The van der Waals surface area contributed by atoms with Gasteiger partial charge >= 0.3 is 0 Å². The lowest BCUT2D eigenvalue weighted by Gasteiger charge is -2.06. The molecule has 1 rings (SSSR count). The maximum atomic E-state index is 13.3. The van der Waals surface area contributed by atoms with Gasteiger partial charge in [0, 0.05) is 6.42 Å². The van der Waals surface area contributed by atoms with Gasteiger partial charge in [0.15, 0.2) is 0 Å². The largest absolute Gasteiger partial charge is 0.368 e. The van der Waals surface area contributed by atoms with Gasteiger partial charge < -0.3 is 5.73 Å². The van der Waals surface area contributed by atoms with E-state index in [1.165, 1.54) is 12.1 Å². The van der Waals surface area contributed by atoms with Gasteiger partial charge in [0.1, 0.15) is 11.2 Å². The summed E-state index contributed by atoms with van der Waals surface area (Å²) in [5.41, 5.74) is 5.23. The van der Waals surface area contributed by atoms with E-state index in [4.69, 9.17) is 28.9 Å². The molecule has 0 aliphatic carbocycles. The SMILES string of the molecule is NC(=O)C(Cl)Cc1cccc(Cl)c1F. The topological polar surface area (TPSA) is 43.1 Å². The Morgan fingerprint density at radius 1 is 1.57 bits per heavy atom. The quantitative estimate of drug-likeness (QED) is 0.802. The van der Waals surface area contributed by atoms with Crippen LogP contribution >= 0.6 is 23.2 Å². The number of carbonyl (C=O) groups is 1. The summed E-state index contributed by atoms with van der Waals surface area (Å²) in [6.45, 7) is 0. The number of hydrogen-bond donors (Lipinski definition) is 1. The molecule has 1 atom stereocenters. The molecule has 1 aromatic carbocycles. The molecule has 0 aliphatic rings. The molecule has 1 amide bonds. The Hall–Kier alpha value is -0.800. The second kappa shape index (κ2) is 4.62. The molecule has 2 N–H and O–H groups in total. The molecule has 0 radical (unpaired) electrons. The minimum Gasteiger partial charge on any atom is -0.368 e. The van der Waals surface area contributed by atoms with Gasteiger partial charge in [-0.2, -0.15) is 0 Å². The summed E-state index contributed by atoms with van der Waals surface area (Å²) < 4.78 is 13.3. The van der Waals surface area contributed by atoms with Crippen LogP contribution in [-0.4, -0.2) is 11.3 Å². The van der Waals surface area contributed by atoms with Gasteiger partial charge in [0.05, 0.1) is 5.02 Å². The van der Waals surface area contributed by atoms with Crippen LogP contribution in [0.25, 0.3) is 0 Å². The van der Waals surface area contributed by atoms with Crippen molar-refractivity contribution in [3.8, 4) is 0 Å². The lowest BCUT2D eigenvalue weighted by Crippen LogP contribution is -2.25. The first kappa shape index (κ1) is 11.3. The molecule has 0 saturated carbocycles. The standard InChI is InChI=1S/C9H8Cl2FNO/c10-6-3-1-2-5(8(6)12)4-7(11)9(13)14/h1-3,7H,4H2,(H2,13,14). The van der Waals surface area contributed by atoms with E-state index in [9.17, 15) is 9.18 Å². The van der Waals surface area contributed by atoms with Crippen LogP contribution in [0.3, 0.4) is 0 Å². The lowest BCUT2D eigenvalue weighted by molar-refractivity contribution is -0.117. The summed E-state index contributed by atoms with van der Waals surface area (Å²) in [4.78, 5) is 10.6. The zero-order chi connectivity index (χ0) is 10.7. The van der Waals surface area contributed by atoms with Crippen molar-refractivity contribution < 1.29 is 9.18 Å². The third-order valence-electron chi connectivity index (χ3n) is 1.74. The predicted octanol–water partition coefficient (Wildman–Crippen LogP) is 2.11. The Morgan fingerprint density at radius 3 is 2.79 bits per heavy atom. The van der Waals surface area contributed by atoms with Crippen LogP contribution in [0.15, 0.2) is 18.2 Å². The predicted molar refractivity (Wildman–Crippen MR) is 53.9 cm³/mol. The van der Waals surface area contributed by atoms with Gasteiger partial charge in [-0.05, 0) is 11.6 Å². The second-order valence-electron chi connectivity index (χ2n) is 2.79. The highest BCUT2D eigenvalue weighted by atomic mass is 35.5. The first-order valence-electron chi connectivity index (χ1n) is 3.88. The fraction of sp³-hybridized carbons (Fsp3) is 0.222. The van der Waals surface area contributed by atoms with Crippen molar-refractivity contribution in [2.45, 2.75) is 11.8 Å². The first-order chi connectivity index (χ1) is 6.52. The molecule has 14 heavy (non-hydrogen) atoms. The number of carbonyl (C=O) groups excluding carboxylic acids is 1. The number of hydrogen-bond acceptors (Lipinski definition) is 1. The second-order valence-corrected chi connectivity index (χ2v) is 3.72. The molecule has 0 aliphatic heterocycles. The zero-order valence-electron chi connectivity index (χ0n) is 7.14. The molecule has 0 bridgehead atoms. The Kier molecular flexibility index (Phi) is 3.72. The van der Waals surface area contributed by atoms with Gasteiger partial charge in [-0.25, -0.2) is 4.39 Å². The highest BCUT2D eigenvalue weighted by molar-refractivity contribution is 6.31. The van der Waals surface area contributed by atoms with Crippen LogP contribution in [0.2, 0.25) is 5.02 Å². The maximum absolute atomic E-state index is 13.3. The fourth-order valence-electron chi connectivity index (χ4n) is 1.000. The molecule has 1 aromatic rings. The molecule has 76 valence electrons. The number of rotatable bonds is 3. The van der Waals surface area contributed by atoms with Crippen LogP contribution in [-0.2, 0) is 11.2 Å². The maximum Gasteiger partial charge on any atom is 0.235 e. The van der Waals surface area contributed by atoms with E-state index in [-0.39, 0.29) is 17.0 Å². The Labute approximate surface area is 90.8 Å². The van der Waals surface area contributed by atoms with Gasteiger partial charge in [0.2, 0.25) is 5.91 Å². The van der Waals surface area contributed by atoms with Crippen molar-refractivity contribution in [2.75, 3.05) is 0 Å². The lowest BCUT2D eigenvalue weighted by atomic mass is 10.1. The fourth-order valence-corrected chi connectivity index (χ4v) is 1.36. The number of nitrogens with two attached hydrogens (primary N) is 1. The van der Waals surface area contributed by atoms with Crippen molar-refractivity contribution in [3.63, 3.8) is 0 Å². The van der Waals surface area contributed by atoms with E-state index in [1.807, 2.05) is 0 Å². The van der Waals surface area contributed by atoms with E-state index < -0.39 is 17.1 Å². The Bertz CT molecular complexity index is 357. The van der Waals surface area contributed by atoms with Crippen LogP contribution < -0.4 is 5.73 Å². The minimum absolute atomic E-state index is 0.0100. The molecule has 0 aromatic heterocycles. The molecular formula is C9H8Cl2FNO. The Morgan fingerprint density at radius 2 is 2.21 bits per heavy atom. The van der Waals surface area contributed by atoms with Crippen LogP contribution in [0.4, 0.5) is 4.39 Å². The monoisotopic (exact) mass is 235 g/mol. The molecule has 0 fully saturated rings. The number of halogens is 3. The third kappa shape index (κ3) is 2.59. The molecule has 5 heteroatoms. The summed E-state index contributed by atoms with van der Waals surface area (Å²) in [6, 6.07) is 4.53. The van der Waals surface area contributed by atoms with E-state index in [0.29, 0.717) is 0 Å². The van der Waals surface area contributed by atoms with E-state index in [2.05, 4.69) is 0 Å². The Balaban J connectivity index is 2.87. The smallest absolute Gasteiger partial charge is 0.235 e. The van der Waals surface area contributed by atoms with E-state index in [1.54, 1.807) is 6.07 Å². The zero-order valence-corrected chi connectivity index (χ0v) is 8.65. The number of alkyl halides is 1. The molecule has 0 saturated heterocycles.